The standard InChI is InChI=1S/C19H13F5N6/c20-14-5-2-6-15(16(14)21)30-18(27-28-29-30)13-8-11(9-26-17(13)25)10-3-1-4-12(7-10)19(22,23)24/h1-9,28-29H,(H2,25,26). The van der Waals surface area contributed by atoms with Crippen LogP contribution in [0.4, 0.5) is 33.5 Å². The number of rotatable bonds is 3. The minimum atomic E-state index is -4.50. The zero-order valence-corrected chi connectivity index (χ0v) is 15.0. The first kappa shape index (κ1) is 19.6. The van der Waals surface area contributed by atoms with E-state index in [2.05, 4.69) is 21.2 Å². The number of nitrogens with zero attached hydrogens (tertiary/aromatic N) is 3. The first-order chi connectivity index (χ1) is 14.3. The van der Waals surface area contributed by atoms with Gasteiger partial charge in [0, 0.05) is 11.8 Å². The predicted molar refractivity (Wildman–Crippen MR) is 101 cm³/mol. The van der Waals surface area contributed by atoms with Crippen LogP contribution in [-0.2, 0) is 6.18 Å². The van der Waals surface area contributed by atoms with Crippen molar-refractivity contribution in [1.82, 2.24) is 16.1 Å². The van der Waals surface area contributed by atoms with Gasteiger partial charge in [0.2, 0.25) is 0 Å². The fourth-order valence-corrected chi connectivity index (χ4v) is 2.94. The number of hydrazine groups is 2. The molecule has 0 atom stereocenters. The summed E-state index contributed by atoms with van der Waals surface area (Å²) in [5.41, 5.74) is 10.7. The molecule has 6 nitrogen and oxygen atoms in total. The number of hydrogen-bond donors (Lipinski definition) is 3. The van der Waals surface area contributed by atoms with Crippen LogP contribution in [0.2, 0.25) is 0 Å². The fourth-order valence-electron chi connectivity index (χ4n) is 2.94. The van der Waals surface area contributed by atoms with E-state index in [0.29, 0.717) is 5.56 Å². The molecule has 0 fully saturated rings. The van der Waals surface area contributed by atoms with E-state index in [9.17, 15) is 22.0 Å². The van der Waals surface area contributed by atoms with Crippen LogP contribution in [0, 0.1) is 11.6 Å². The lowest BCUT2D eigenvalue weighted by atomic mass is 10.0. The number of pyridine rings is 1. The molecule has 0 saturated heterocycles. The third-order valence-corrected chi connectivity index (χ3v) is 4.39. The predicted octanol–water partition coefficient (Wildman–Crippen LogP) is 3.82. The van der Waals surface area contributed by atoms with Crippen molar-refractivity contribution in [3.8, 4) is 11.1 Å². The van der Waals surface area contributed by atoms with E-state index >= 15 is 0 Å². The molecule has 1 aliphatic heterocycles. The molecule has 0 bridgehead atoms. The Morgan fingerprint density at radius 1 is 0.967 bits per heavy atom. The van der Waals surface area contributed by atoms with E-state index < -0.39 is 23.4 Å². The minimum Gasteiger partial charge on any atom is -0.383 e. The number of hydrazone groups is 1. The summed E-state index contributed by atoms with van der Waals surface area (Å²) in [7, 11) is 0. The van der Waals surface area contributed by atoms with Crippen molar-refractivity contribution in [3.05, 3.63) is 77.5 Å². The number of hydrogen-bond acceptors (Lipinski definition) is 6. The Balaban J connectivity index is 1.76. The maximum absolute atomic E-state index is 14.3. The maximum Gasteiger partial charge on any atom is 0.416 e. The minimum absolute atomic E-state index is 0.00297. The van der Waals surface area contributed by atoms with Crippen LogP contribution in [0.1, 0.15) is 11.1 Å². The second-order valence-electron chi connectivity index (χ2n) is 6.30. The van der Waals surface area contributed by atoms with Crippen molar-refractivity contribution >= 4 is 17.3 Å². The van der Waals surface area contributed by atoms with Crippen molar-refractivity contribution in [2.75, 3.05) is 10.7 Å². The van der Waals surface area contributed by atoms with Crippen molar-refractivity contribution < 1.29 is 22.0 Å². The number of nitrogens with one attached hydrogen (secondary N) is 2. The topological polar surface area (TPSA) is 78.6 Å². The molecular formula is C19H13F5N6. The summed E-state index contributed by atoms with van der Waals surface area (Å²) in [5.74, 6) is -2.14. The Kier molecular flexibility index (Phi) is 4.74. The van der Waals surface area contributed by atoms with Gasteiger partial charge in [0.15, 0.2) is 17.5 Å². The van der Waals surface area contributed by atoms with Gasteiger partial charge >= 0.3 is 6.18 Å². The number of anilines is 2. The normalized spacial score (nSPS) is 13.9. The number of amidine groups is 1. The Bertz CT molecular complexity index is 1140. The second kappa shape index (κ2) is 7.26. The Morgan fingerprint density at radius 3 is 2.50 bits per heavy atom. The Hall–Kier alpha value is -3.73. The number of aromatic nitrogens is 1. The molecule has 0 radical (unpaired) electrons. The van der Waals surface area contributed by atoms with Gasteiger partial charge in [-0.2, -0.15) is 13.2 Å². The summed E-state index contributed by atoms with van der Waals surface area (Å²) < 4.78 is 67.0. The molecule has 0 saturated carbocycles. The van der Waals surface area contributed by atoms with E-state index in [1.54, 1.807) is 0 Å². The number of alkyl halides is 3. The summed E-state index contributed by atoms with van der Waals surface area (Å²) >= 11 is 0. The summed E-state index contributed by atoms with van der Waals surface area (Å²) in [5, 5.41) is 5.09. The molecule has 4 rings (SSSR count). The summed E-state index contributed by atoms with van der Waals surface area (Å²) in [6.07, 6.45) is -3.19. The van der Waals surface area contributed by atoms with Crippen molar-refractivity contribution in [2.45, 2.75) is 6.18 Å². The maximum atomic E-state index is 14.3. The van der Waals surface area contributed by atoms with Gasteiger partial charge in [-0.25, -0.2) is 24.3 Å². The average molecular weight is 420 g/mol. The van der Waals surface area contributed by atoms with Crippen LogP contribution in [0.25, 0.3) is 11.1 Å². The molecule has 11 heteroatoms. The Labute approximate surface area is 166 Å². The van der Waals surface area contributed by atoms with E-state index in [-0.39, 0.29) is 28.5 Å². The number of nitrogen functional groups attached to an aromatic ring is 1. The molecule has 0 spiro atoms. The van der Waals surface area contributed by atoms with Gasteiger partial charge in [0.1, 0.15) is 11.5 Å². The molecule has 30 heavy (non-hydrogen) atoms. The SMILES string of the molecule is Nc1ncc(-c2cccc(C(F)(F)F)c2)cc1C1=NNNN1c1cccc(F)c1F. The third-order valence-electron chi connectivity index (χ3n) is 4.39. The molecular weight excluding hydrogens is 407 g/mol. The molecule has 3 aromatic rings. The molecule has 1 aliphatic rings. The van der Waals surface area contributed by atoms with Crippen molar-refractivity contribution in [3.63, 3.8) is 0 Å². The molecule has 0 amide bonds. The number of benzene rings is 2. The molecule has 0 aliphatic carbocycles. The lowest BCUT2D eigenvalue weighted by Gasteiger charge is -2.20. The van der Waals surface area contributed by atoms with Gasteiger partial charge in [0.05, 0.1) is 11.1 Å². The first-order valence-corrected chi connectivity index (χ1v) is 8.51. The van der Waals surface area contributed by atoms with Crippen molar-refractivity contribution in [1.29, 1.82) is 0 Å². The van der Waals surface area contributed by atoms with Crippen LogP contribution in [0.3, 0.4) is 0 Å². The Morgan fingerprint density at radius 2 is 1.73 bits per heavy atom. The highest BCUT2D eigenvalue weighted by molar-refractivity contribution is 6.13. The lowest BCUT2D eigenvalue weighted by Crippen LogP contribution is -2.42. The molecule has 0 unspecified atom stereocenters. The highest BCUT2D eigenvalue weighted by Gasteiger charge is 2.31. The van der Waals surface area contributed by atoms with E-state index in [0.717, 1.165) is 23.2 Å². The van der Waals surface area contributed by atoms with Gasteiger partial charge in [0.25, 0.3) is 0 Å². The number of halogens is 5. The summed E-state index contributed by atoms with van der Waals surface area (Å²) in [6.45, 7) is 0. The van der Waals surface area contributed by atoms with Crippen LogP contribution < -0.4 is 21.8 Å². The fraction of sp³-hybridized carbons (Fsp3) is 0.0526. The van der Waals surface area contributed by atoms with Gasteiger partial charge in [-0.05, 0) is 35.9 Å². The highest BCUT2D eigenvalue weighted by atomic mass is 19.4. The van der Waals surface area contributed by atoms with Gasteiger partial charge < -0.3 is 5.73 Å². The molecule has 2 aromatic carbocycles. The largest absolute Gasteiger partial charge is 0.416 e. The van der Waals surface area contributed by atoms with Crippen LogP contribution in [0.5, 0.6) is 0 Å². The van der Waals surface area contributed by atoms with Crippen LogP contribution in [-0.4, -0.2) is 10.8 Å². The second-order valence-corrected chi connectivity index (χ2v) is 6.30. The molecule has 2 heterocycles. The molecule has 1 aromatic heterocycles. The van der Waals surface area contributed by atoms with E-state index in [1.165, 1.54) is 36.5 Å². The van der Waals surface area contributed by atoms with Gasteiger partial charge in [-0.15, -0.1) is 10.6 Å². The zero-order valence-electron chi connectivity index (χ0n) is 15.0. The third kappa shape index (κ3) is 3.50. The van der Waals surface area contributed by atoms with Crippen LogP contribution >= 0.6 is 0 Å². The van der Waals surface area contributed by atoms with Crippen molar-refractivity contribution in [2.24, 2.45) is 5.10 Å². The molecule has 154 valence electrons. The summed E-state index contributed by atoms with van der Waals surface area (Å²) in [4.78, 5) is 4.03. The first-order valence-electron chi connectivity index (χ1n) is 8.51. The summed E-state index contributed by atoms with van der Waals surface area (Å²) in [6, 6.07) is 9.76. The smallest absolute Gasteiger partial charge is 0.383 e. The monoisotopic (exact) mass is 420 g/mol. The van der Waals surface area contributed by atoms with E-state index in [1.807, 2.05) is 0 Å². The zero-order chi connectivity index (χ0) is 21.5. The average Bonchev–Trinajstić information content (AvgIpc) is 3.19. The number of nitrogens with two attached hydrogens (primary N) is 1. The van der Waals surface area contributed by atoms with Crippen LogP contribution in [0.15, 0.2) is 59.8 Å². The van der Waals surface area contributed by atoms with Gasteiger partial charge in [-0.1, -0.05) is 18.2 Å². The molecule has 4 N–H and O–H groups in total. The quantitative estimate of drug-likeness (QED) is 0.562. The van der Waals surface area contributed by atoms with Gasteiger partial charge in [-0.3, -0.25) is 0 Å². The van der Waals surface area contributed by atoms with E-state index in [4.69, 9.17) is 5.73 Å². The highest BCUT2D eigenvalue weighted by Crippen LogP contribution is 2.33. The lowest BCUT2D eigenvalue weighted by molar-refractivity contribution is -0.137.